The first-order valence-corrected chi connectivity index (χ1v) is 5.81. The number of nitrogens with zero attached hydrogens (tertiary/aromatic N) is 2. The van der Waals surface area contributed by atoms with Crippen molar-refractivity contribution in [2.75, 3.05) is 19.3 Å². The van der Waals surface area contributed by atoms with Crippen LogP contribution < -0.4 is 0 Å². The summed E-state index contributed by atoms with van der Waals surface area (Å²) in [5.41, 5.74) is 0.852. The Kier molecular flexibility index (Phi) is 2.99. The van der Waals surface area contributed by atoms with Crippen LogP contribution in [0.25, 0.3) is 0 Å². The van der Waals surface area contributed by atoms with Crippen LogP contribution in [-0.2, 0) is 0 Å². The summed E-state index contributed by atoms with van der Waals surface area (Å²) >= 11 is 7.79. The van der Waals surface area contributed by atoms with Gasteiger partial charge in [-0.15, -0.1) is 0 Å². The molecule has 2 nitrogen and oxygen atoms in total. The molecule has 1 aromatic rings. The summed E-state index contributed by atoms with van der Waals surface area (Å²) in [6.45, 7) is 1.06. The number of para-hydroxylation sites is 1. The van der Waals surface area contributed by atoms with Gasteiger partial charge in [-0.05, 0) is 12.1 Å². The highest BCUT2D eigenvalue weighted by molar-refractivity contribution is 8.14. The van der Waals surface area contributed by atoms with Crippen LogP contribution in [0.1, 0.15) is 0 Å². The summed E-state index contributed by atoms with van der Waals surface area (Å²) < 4.78 is 0. The molecule has 0 spiro atoms. The summed E-state index contributed by atoms with van der Waals surface area (Å²) in [6.07, 6.45) is 0. The predicted octanol–water partition coefficient (Wildman–Crippen LogP) is 3.01. The van der Waals surface area contributed by atoms with Gasteiger partial charge in [-0.25, -0.2) is 4.99 Å². The van der Waals surface area contributed by atoms with Gasteiger partial charge in [0.1, 0.15) is 0 Å². The Morgan fingerprint density at radius 2 is 2.21 bits per heavy atom. The molecule has 0 aliphatic carbocycles. The van der Waals surface area contributed by atoms with Crippen molar-refractivity contribution in [1.29, 1.82) is 0 Å². The van der Waals surface area contributed by atoms with E-state index in [4.69, 9.17) is 11.6 Å². The van der Waals surface area contributed by atoms with Gasteiger partial charge in [0.15, 0.2) is 5.17 Å². The number of rotatable bonds is 1. The number of aliphatic imine (C=N–C) groups is 1. The monoisotopic (exact) mass is 226 g/mol. The minimum absolute atomic E-state index is 0.709. The third kappa shape index (κ3) is 2.04. The van der Waals surface area contributed by atoms with Gasteiger partial charge in [-0.1, -0.05) is 35.5 Å². The van der Waals surface area contributed by atoms with Crippen LogP contribution in [0.4, 0.5) is 5.69 Å². The minimum Gasteiger partial charge on any atom is -0.353 e. The van der Waals surface area contributed by atoms with E-state index >= 15 is 0 Å². The van der Waals surface area contributed by atoms with Crippen LogP contribution in [0.2, 0.25) is 5.02 Å². The zero-order chi connectivity index (χ0) is 9.97. The second-order valence-electron chi connectivity index (χ2n) is 3.12. The zero-order valence-corrected chi connectivity index (χ0v) is 9.48. The lowest BCUT2D eigenvalue weighted by atomic mass is 10.3. The van der Waals surface area contributed by atoms with Crippen LogP contribution in [0.5, 0.6) is 0 Å². The van der Waals surface area contributed by atoms with Gasteiger partial charge in [-0.3, -0.25) is 0 Å². The van der Waals surface area contributed by atoms with Crippen molar-refractivity contribution in [3.05, 3.63) is 29.3 Å². The van der Waals surface area contributed by atoms with Crippen LogP contribution >= 0.6 is 23.4 Å². The third-order valence-corrected chi connectivity index (χ3v) is 3.42. The molecule has 0 amide bonds. The minimum atomic E-state index is 0.709. The molecule has 1 heterocycles. The Labute approximate surface area is 93.0 Å². The largest absolute Gasteiger partial charge is 0.353 e. The van der Waals surface area contributed by atoms with E-state index < -0.39 is 0 Å². The maximum absolute atomic E-state index is 6.02. The first-order chi connectivity index (χ1) is 6.77. The lowest BCUT2D eigenvalue weighted by Crippen LogP contribution is -2.17. The van der Waals surface area contributed by atoms with Gasteiger partial charge in [0.05, 0.1) is 10.7 Å². The molecule has 14 heavy (non-hydrogen) atoms. The quantitative estimate of drug-likeness (QED) is 0.732. The smallest absolute Gasteiger partial charge is 0.164 e. The normalized spacial score (nSPS) is 19.3. The Hall–Kier alpha value is -0.670. The van der Waals surface area contributed by atoms with E-state index in [0.29, 0.717) is 5.02 Å². The fourth-order valence-corrected chi connectivity index (χ4v) is 2.44. The molecular formula is C10H11ClN2S. The van der Waals surface area contributed by atoms with Gasteiger partial charge >= 0.3 is 0 Å². The summed E-state index contributed by atoms with van der Waals surface area (Å²) in [5, 5.41) is 1.76. The van der Waals surface area contributed by atoms with Gasteiger partial charge in [0.25, 0.3) is 0 Å². The van der Waals surface area contributed by atoms with Gasteiger partial charge in [0.2, 0.25) is 0 Å². The molecule has 0 radical (unpaired) electrons. The van der Waals surface area contributed by atoms with E-state index in [1.165, 1.54) is 0 Å². The molecule has 2 rings (SSSR count). The van der Waals surface area contributed by atoms with Crippen molar-refractivity contribution in [3.63, 3.8) is 0 Å². The highest BCUT2D eigenvalue weighted by Crippen LogP contribution is 2.27. The number of amidine groups is 1. The van der Waals surface area contributed by atoms with Crippen molar-refractivity contribution in [1.82, 2.24) is 4.90 Å². The molecule has 0 aromatic heterocycles. The second-order valence-corrected chi connectivity index (χ2v) is 4.59. The lowest BCUT2D eigenvalue weighted by Gasteiger charge is -2.09. The van der Waals surface area contributed by atoms with E-state index in [9.17, 15) is 0 Å². The Morgan fingerprint density at radius 1 is 1.43 bits per heavy atom. The standard InChI is InChI=1S/C10H11ClN2S/c1-13-6-7-14-10(13)12-9-5-3-2-4-8(9)11/h2-5H,6-7H2,1H3. The summed E-state index contributed by atoms with van der Waals surface area (Å²) in [6, 6.07) is 7.66. The van der Waals surface area contributed by atoms with E-state index in [-0.39, 0.29) is 0 Å². The van der Waals surface area contributed by atoms with Crippen molar-refractivity contribution < 1.29 is 0 Å². The Bertz CT molecular complexity index is 365. The van der Waals surface area contributed by atoms with Crippen LogP contribution in [0, 0.1) is 0 Å². The molecule has 1 fully saturated rings. The first-order valence-electron chi connectivity index (χ1n) is 4.44. The molecule has 0 atom stereocenters. The molecule has 1 aliphatic rings. The van der Waals surface area contributed by atoms with Crippen molar-refractivity contribution in [2.24, 2.45) is 4.99 Å². The highest BCUT2D eigenvalue weighted by Gasteiger charge is 2.15. The molecule has 0 N–H and O–H groups in total. The fraction of sp³-hybridized carbons (Fsp3) is 0.300. The average Bonchev–Trinajstić information content (AvgIpc) is 2.56. The predicted molar refractivity (Wildman–Crippen MR) is 63.6 cm³/mol. The van der Waals surface area contributed by atoms with Crippen LogP contribution in [-0.4, -0.2) is 29.4 Å². The Balaban J connectivity index is 2.29. The topological polar surface area (TPSA) is 15.6 Å². The molecule has 0 saturated carbocycles. The van der Waals surface area contributed by atoms with Crippen LogP contribution in [0.15, 0.2) is 29.3 Å². The van der Waals surface area contributed by atoms with E-state index in [0.717, 1.165) is 23.2 Å². The molecule has 1 saturated heterocycles. The molecule has 0 unspecified atom stereocenters. The third-order valence-electron chi connectivity index (χ3n) is 2.05. The number of hydrogen-bond donors (Lipinski definition) is 0. The van der Waals surface area contributed by atoms with Crippen molar-refractivity contribution in [3.8, 4) is 0 Å². The summed E-state index contributed by atoms with van der Waals surface area (Å²) in [5.74, 6) is 1.11. The Morgan fingerprint density at radius 3 is 2.86 bits per heavy atom. The summed E-state index contributed by atoms with van der Waals surface area (Å²) in [7, 11) is 2.05. The maximum atomic E-state index is 6.02. The average molecular weight is 227 g/mol. The molecule has 1 aliphatic heterocycles. The molecule has 1 aromatic carbocycles. The molecule has 0 bridgehead atoms. The number of thioether (sulfide) groups is 1. The molecular weight excluding hydrogens is 216 g/mol. The molecule has 74 valence electrons. The fourth-order valence-electron chi connectivity index (χ4n) is 1.24. The van der Waals surface area contributed by atoms with Crippen molar-refractivity contribution in [2.45, 2.75) is 0 Å². The van der Waals surface area contributed by atoms with E-state index in [1.54, 1.807) is 11.8 Å². The molecule has 4 heteroatoms. The number of hydrogen-bond acceptors (Lipinski definition) is 2. The zero-order valence-electron chi connectivity index (χ0n) is 7.90. The SMILES string of the molecule is CN1CCSC1=Nc1ccccc1Cl. The number of benzene rings is 1. The van der Waals surface area contributed by atoms with E-state index in [2.05, 4.69) is 16.9 Å². The maximum Gasteiger partial charge on any atom is 0.164 e. The first kappa shape index (κ1) is 9.87. The van der Waals surface area contributed by atoms with E-state index in [1.807, 2.05) is 24.3 Å². The second kappa shape index (κ2) is 4.24. The highest BCUT2D eigenvalue weighted by atomic mass is 35.5. The lowest BCUT2D eigenvalue weighted by molar-refractivity contribution is 0.563. The summed E-state index contributed by atoms with van der Waals surface area (Å²) in [4.78, 5) is 6.66. The van der Waals surface area contributed by atoms with Crippen LogP contribution in [0.3, 0.4) is 0 Å². The number of halogens is 1. The van der Waals surface area contributed by atoms with Crippen molar-refractivity contribution >= 4 is 34.2 Å². The van der Waals surface area contributed by atoms with Gasteiger partial charge in [0, 0.05) is 19.3 Å². The van der Waals surface area contributed by atoms with Gasteiger partial charge < -0.3 is 4.90 Å². The van der Waals surface area contributed by atoms with Gasteiger partial charge in [-0.2, -0.15) is 0 Å².